The Balaban J connectivity index is 1.18. The number of halogens is 4. The molecule has 1 aliphatic heterocycles. The predicted molar refractivity (Wildman–Crippen MR) is 218 cm³/mol. The van der Waals surface area contributed by atoms with E-state index >= 15 is 0 Å². The zero-order chi connectivity index (χ0) is 38.8. The van der Waals surface area contributed by atoms with Gasteiger partial charge in [0.15, 0.2) is 17.4 Å². The van der Waals surface area contributed by atoms with E-state index in [4.69, 9.17) is 23.7 Å². The molecule has 3 aromatic rings. The molecule has 17 nitrogen and oxygen atoms in total. The first-order chi connectivity index (χ1) is 25.1. The molecule has 2 aromatic carbocycles. The van der Waals surface area contributed by atoms with Crippen molar-refractivity contribution in [3.8, 4) is 34.8 Å². The highest BCUT2D eigenvalue weighted by atomic mass is 127. The first kappa shape index (κ1) is 42.8. The van der Waals surface area contributed by atoms with Gasteiger partial charge in [0.25, 0.3) is 0 Å². The normalized spacial score (nSPS) is 13.3. The van der Waals surface area contributed by atoms with Crippen molar-refractivity contribution in [2.45, 2.75) is 12.5 Å². The van der Waals surface area contributed by atoms with Crippen LogP contribution in [0.2, 0.25) is 0 Å². The van der Waals surface area contributed by atoms with E-state index in [0.717, 1.165) is 18.8 Å². The van der Waals surface area contributed by atoms with Gasteiger partial charge in [-0.15, -0.1) is 0 Å². The number of piperazine rings is 1. The van der Waals surface area contributed by atoms with Crippen LogP contribution in [0.5, 0.6) is 34.8 Å². The van der Waals surface area contributed by atoms with Gasteiger partial charge in [-0.1, -0.05) is 0 Å². The lowest BCUT2D eigenvalue weighted by Gasteiger charge is -2.34. The van der Waals surface area contributed by atoms with Crippen LogP contribution in [0.4, 0.5) is 0 Å². The van der Waals surface area contributed by atoms with Crippen molar-refractivity contribution in [2.75, 3.05) is 59.7 Å². The summed E-state index contributed by atoms with van der Waals surface area (Å²) < 4.78 is 29.1. The number of carbonyl (C=O) groups excluding carboxylic acids is 5. The van der Waals surface area contributed by atoms with Crippen molar-refractivity contribution in [1.29, 1.82) is 0 Å². The molecule has 21 heteroatoms. The van der Waals surface area contributed by atoms with E-state index in [1.54, 1.807) is 12.1 Å². The summed E-state index contributed by atoms with van der Waals surface area (Å²) in [4.78, 5) is 67.5. The summed E-state index contributed by atoms with van der Waals surface area (Å²) in [6, 6.07) is 7.07. The largest absolute Gasteiger partial charge is 0.506 e. The standard InChI is InChI=1S/C32H32I4N4O13/c1-49-32(48)22(8-16-6-20(35)30(21(36)7-16)52-17-9-18(33)29(46)19(34)10-17)37-25(42)12-50-13-26(43)39-2-4-40(5-3-39)27(44)14-51-15-28(45)53-23-11-24(41)38-31(23)47/h6-7,9-11,22,38,41,46-47H,2-5,8,12-15H2,1H3,(H,37,42)/t22-/m0/s1. The van der Waals surface area contributed by atoms with Gasteiger partial charge in [0, 0.05) is 38.7 Å². The molecule has 1 aliphatic rings. The number of rotatable bonds is 15. The number of amides is 3. The van der Waals surface area contributed by atoms with Crippen LogP contribution in [0.1, 0.15) is 5.56 Å². The molecule has 5 N–H and O–H groups in total. The highest BCUT2D eigenvalue weighted by Gasteiger charge is 2.26. The molecule has 2 heterocycles. The average Bonchev–Trinajstić information content (AvgIpc) is 3.43. The fraction of sp³-hybridized carbons (Fsp3) is 0.344. The van der Waals surface area contributed by atoms with Crippen LogP contribution >= 0.6 is 90.4 Å². The summed E-state index contributed by atoms with van der Waals surface area (Å²) in [5.74, 6) is -2.88. The summed E-state index contributed by atoms with van der Waals surface area (Å²) in [6.45, 7) is -1.07. The number of methoxy groups -OCH3 is 1. The van der Waals surface area contributed by atoms with Crippen LogP contribution < -0.4 is 14.8 Å². The third-order valence-electron chi connectivity index (χ3n) is 7.39. The molecule has 0 radical (unpaired) electrons. The molecule has 286 valence electrons. The summed E-state index contributed by atoms with van der Waals surface area (Å²) in [7, 11) is 1.21. The Bertz CT molecular complexity index is 1800. The Morgan fingerprint density at radius 3 is 1.85 bits per heavy atom. The maximum atomic E-state index is 12.7. The summed E-state index contributed by atoms with van der Waals surface area (Å²) in [6.07, 6.45) is 0.111. The lowest BCUT2D eigenvalue weighted by molar-refractivity contribution is -0.148. The fourth-order valence-corrected chi connectivity index (χ4v) is 8.66. The van der Waals surface area contributed by atoms with Gasteiger partial charge in [0.05, 0.1) is 21.4 Å². The van der Waals surface area contributed by atoms with Gasteiger partial charge in [0.1, 0.15) is 44.0 Å². The molecule has 0 saturated carbocycles. The number of aromatic nitrogens is 1. The second-order valence-corrected chi connectivity index (χ2v) is 15.8. The molecule has 0 unspecified atom stereocenters. The fourth-order valence-electron chi connectivity index (χ4n) is 4.84. The van der Waals surface area contributed by atoms with Crippen LogP contribution in [0.25, 0.3) is 0 Å². The van der Waals surface area contributed by atoms with E-state index in [0.29, 0.717) is 18.6 Å². The molecule has 0 aliphatic carbocycles. The monoisotopic (exact) mass is 1190 g/mol. The van der Waals surface area contributed by atoms with Crippen molar-refractivity contribution < 1.29 is 63.0 Å². The quantitative estimate of drug-likeness (QED) is 0.109. The van der Waals surface area contributed by atoms with Gasteiger partial charge < -0.3 is 54.1 Å². The van der Waals surface area contributed by atoms with Crippen LogP contribution in [0.3, 0.4) is 0 Å². The summed E-state index contributed by atoms with van der Waals surface area (Å²) in [5, 5.41) is 31.4. The average molecular weight is 1190 g/mol. The van der Waals surface area contributed by atoms with E-state index in [-0.39, 0.29) is 44.1 Å². The lowest BCUT2D eigenvalue weighted by atomic mass is 10.1. The zero-order valence-corrected chi connectivity index (χ0v) is 36.3. The number of nitrogens with one attached hydrogen (secondary N) is 2. The van der Waals surface area contributed by atoms with E-state index in [2.05, 4.69) is 55.5 Å². The minimum atomic E-state index is -1.03. The van der Waals surface area contributed by atoms with E-state index < -0.39 is 73.9 Å². The first-order valence-electron chi connectivity index (χ1n) is 15.4. The number of esters is 2. The minimum absolute atomic E-state index is 0.111. The molecular formula is C32H32I4N4O13. The van der Waals surface area contributed by atoms with Crippen LogP contribution in [0.15, 0.2) is 30.3 Å². The molecule has 1 fully saturated rings. The highest BCUT2D eigenvalue weighted by Crippen LogP contribution is 2.37. The smallest absolute Gasteiger partial charge is 0.337 e. The van der Waals surface area contributed by atoms with Gasteiger partial charge in [-0.3, -0.25) is 19.4 Å². The number of phenolic OH excluding ortho intramolecular Hbond substituents is 1. The third kappa shape index (κ3) is 12.6. The van der Waals surface area contributed by atoms with E-state index in [9.17, 15) is 39.3 Å². The van der Waals surface area contributed by atoms with Crippen LogP contribution in [-0.4, -0.2) is 126 Å². The van der Waals surface area contributed by atoms with Gasteiger partial charge in [-0.25, -0.2) is 9.59 Å². The summed E-state index contributed by atoms with van der Waals surface area (Å²) >= 11 is 8.30. The number of nitrogens with zero attached hydrogens (tertiary/aromatic N) is 2. The molecule has 53 heavy (non-hydrogen) atoms. The van der Waals surface area contributed by atoms with Crippen molar-refractivity contribution in [3.63, 3.8) is 0 Å². The number of phenols is 1. The number of carbonyl (C=O) groups is 5. The minimum Gasteiger partial charge on any atom is -0.506 e. The molecule has 1 atom stereocenters. The van der Waals surface area contributed by atoms with Gasteiger partial charge in [-0.05, 0) is 120 Å². The topological polar surface area (TPSA) is 226 Å². The Morgan fingerprint density at radius 1 is 0.792 bits per heavy atom. The predicted octanol–water partition coefficient (Wildman–Crippen LogP) is 2.85. The van der Waals surface area contributed by atoms with Crippen molar-refractivity contribution in [1.82, 2.24) is 20.1 Å². The number of hydrogen-bond donors (Lipinski definition) is 5. The second kappa shape index (κ2) is 20.1. The van der Waals surface area contributed by atoms with Crippen molar-refractivity contribution in [3.05, 3.63) is 50.2 Å². The van der Waals surface area contributed by atoms with Gasteiger partial charge >= 0.3 is 11.9 Å². The van der Waals surface area contributed by atoms with Gasteiger partial charge in [-0.2, -0.15) is 0 Å². The Labute approximate surface area is 356 Å². The third-order valence-corrected chi connectivity index (χ3v) is 10.6. The number of aromatic hydroxyl groups is 3. The number of benzene rings is 2. The Kier molecular flexibility index (Phi) is 16.3. The Hall–Kier alpha value is -2.89. The zero-order valence-electron chi connectivity index (χ0n) is 27.7. The summed E-state index contributed by atoms with van der Waals surface area (Å²) in [5.41, 5.74) is 0.732. The molecular weight excluding hydrogens is 1160 g/mol. The molecule has 0 bridgehead atoms. The number of hydrogen-bond acceptors (Lipinski definition) is 13. The number of H-pyrrole nitrogens is 1. The van der Waals surface area contributed by atoms with Crippen LogP contribution in [-0.2, 0) is 44.6 Å². The number of ether oxygens (including phenoxy) is 5. The SMILES string of the molecule is COC(=O)[C@H](Cc1cc(I)c(Oc2cc(I)c(O)c(I)c2)c(I)c1)NC(=O)COCC(=O)N1CCN(C(=O)COCC(=O)Oc2cc(O)[nH]c2O)CC1. The molecule has 1 saturated heterocycles. The molecule has 0 spiro atoms. The molecule has 1 aromatic heterocycles. The molecule has 3 amide bonds. The van der Waals surface area contributed by atoms with Crippen molar-refractivity contribution >= 4 is 120 Å². The second-order valence-electron chi connectivity index (χ2n) is 11.2. The first-order valence-corrected chi connectivity index (χ1v) is 19.7. The highest BCUT2D eigenvalue weighted by molar-refractivity contribution is 14.1. The van der Waals surface area contributed by atoms with Gasteiger partial charge in [0.2, 0.25) is 23.6 Å². The van der Waals surface area contributed by atoms with Crippen molar-refractivity contribution in [2.24, 2.45) is 0 Å². The molecule has 4 rings (SSSR count). The number of aromatic amines is 1. The van der Waals surface area contributed by atoms with Crippen LogP contribution in [0, 0.1) is 14.3 Å². The van der Waals surface area contributed by atoms with E-state index in [1.165, 1.54) is 16.9 Å². The maximum Gasteiger partial charge on any atom is 0.337 e. The van der Waals surface area contributed by atoms with E-state index in [1.807, 2.05) is 57.3 Å². The lowest BCUT2D eigenvalue weighted by Crippen LogP contribution is -2.52. The Morgan fingerprint density at radius 2 is 1.34 bits per heavy atom. The maximum absolute atomic E-state index is 12.7.